The van der Waals surface area contributed by atoms with Gasteiger partial charge in [-0.2, -0.15) is 0 Å². The van der Waals surface area contributed by atoms with Gasteiger partial charge in [0.2, 0.25) is 0 Å². The number of pyridine rings is 1. The maximum atomic E-state index is 13.0. The van der Waals surface area contributed by atoms with Crippen LogP contribution in [0.1, 0.15) is 29.3 Å². The van der Waals surface area contributed by atoms with E-state index in [1.54, 1.807) is 6.20 Å². The Bertz CT molecular complexity index is 889. The number of ether oxygens (including phenoxy) is 2. The van der Waals surface area contributed by atoms with Crippen LogP contribution in [0.2, 0.25) is 5.02 Å². The highest BCUT2D eigenvalue weighted by atomic mass is 35.5. The Morgan fingerprint density at radius 2 is 2.25 bits per heavy atom. The van der Waals surface area contributed by atoms with Crippen LogP contribution < -0.4 is 14.4 Å². The molecule has 0 N–H and O–H groups in total. The molecule has 2 aromatic rings. The van der Waals surface area contributed by atoms with E-state index in [0.717, 1.165) is 29.3 Å². The second-order valence-corrected chi connectivity index (χ2v) is 7.58. The number of hydrogen-bond acceptors (Lipinski definition) is 5. The number of aromatic nitrogens is 1. The van der Waals surface area contributed by atoms with Crippen LogP contribution in [0.25, 0.3) is 0 Å². The summed E-state index contributed by atoms with van der Waals surface area (Å²) in [5.41, 5.74) is 1.56. The minimum atomic E-state index is 0.0210. The van der Waals surface area contributed by atoms with Crippen LogP contribution >= 0.6 is 11.6 Å². The van der Waals surface area contributed by atoms with Crippen LogP contribution in [0.3, 0.4) is 0 Å². The summed E-state index contributed by atoms with van der Waals surface area (Å²) in [4.78, 5) is 21.6. The first kappa shape index (κ1) is 18.9. The molecule has 6 nitrogen and oxygen atoms in total. The SMILES string of the molecule is CCCOc1cccc(C(=O)N2CCN3c4ncc(Cl)c(C)c4OCC3C2)c1. The van der Waals surface area contributed by atoms with Gasteiger partial charge in [-0.25, -0.2) is 4.98 Å². The molecule has 0 saturated carbocycles. The number of nitrogens with zero attached hydrogens (tertiary/aromatic N) is 3. The maximum Gasteiger partial charge on any atom is 0.254 e. The lowest BCUT2D eigenvalue weighted by molar-refractivity contribution is 0.0694. The van der Waals surface area contributed by atoms with Gasteiger partial charge in [0, 0.05) is 37.0 Å². The molecule has 0 radical (unpaired) electrons. The Kier molecular flexibility index (Phi) is 5.31. The summed E-state index contributed by atoms with van der Waals surface area (Å²) in [5, 5.41) is 0.608. The van der Waals surface area contributed by atoms with E-state index < -0.39 is 0 Å². The van der Waals surface area contributed by atoms with Crippen molar-refractivity contribution in [3.05, 3.63) is 46.6 Å². The van der Waals surface area contributed by atoms with E-state index in [9.17, 15) is 4.79 Å². The fraction of sp³-hybridized carbons (Fsp3) is 0.429. The van der Waals surface area contributed by atoms with E-state index in [1.165, 1.54) is 0 Å². The molecule has 28 heavy (non-hydrogen) atoms. The number of carbonyl (C=O) groups excluding carboxylic acids is 1. The number of rotatable bonds is 4. The molecule has 1 aromatic carbocycles. The maximum absolute atomic E-state index is 13.0. The number of amides is 1. The van der Waals surface area contributed by atoms with Gasteiger partial charge >= 0.3 is 0 Å². The smallest absolute Gasteiger partial charge is 0.254 e. The van der Waals surface area contributed by atoms with E-state index in [1.807, 2.05) is 36.1 Å². The lowest BCUT2D eigenvalue weighted by Gasteiger charge is -2.45. The second kappa shape index (κ2) is 7.87. The quantitative estimate of drug-likeness (QED) is 0.784. The van der Waals surface area contributed by atoms with Crippen LogP contribution in [0, 0.1) is 6.92 Å². The van der Waals surface area contributed by atoms with Crippen molar-refractivity contribution in [3.8, 4) is 11.5 Å². The zero-order valence-electron chi connectivity index (χ0n) is 16.2. The van der Waals surface area contributed by atoms with Gasteiger partial charge in [0.05, 0.1) is 17.7 Å². The number of fused-ring (bicyclic) bond motifs is 3. The van der Waals surface area contributed by atoms with E-state index in [2.05, 4.69) is 16.8 Å². The monoisotopic (exact) mass is 401 g/mol. The van der Waals surface area contributed by atoms with Crippen molar-refractivity contribution in [1.29, 1.82) is 0 Å². The summed E-state index contributed by atoms with van der Waals surface area (Å²) in [6.07, 6.45) is 2.60. The molecule has 2 aliphatic rings. The van der Waals surface area contributed by atoms with Gasteiger partial charge in [-0.3, -0.25) is 4.79 Å². The van der Waals surface area contributed by atoms with Gasteiger partial charge in [0.25, 0.3) is 5.91 Å². The molecule has 0 aliphatic carbocycles. The van der Waals surface area contributed by atoms with Gasteiger partial charge < -0.3 is 19.3 Å². The van der Waals surface area contributed by atoms with Crippen molar-refractivity contribution < 1.29 is 14.3 Å². The first-order valence-electron chi connectivity index (χ1n) is 9.65. The highest BCUT2D eigenvalue weighted by Crippen LogP contribution is 2.38. The third-order valence-electron chi connectivity index (χ3n) is 5.22. The highest BCUT2D eigenvalue weighted by molar-refractivity contribution is 6.31. The summed E-state index contributed by atoms with van der Waals surface area (Å²) in [7, 11) is 0. The largest absolute Gasteiger partial charge is 0.494 e. The van der Waals surface area contributed by atoms with Crippen LogP contribution in [0.5, 0.6) is 11.5 Å². The topological polar surface area (TPSA) is 54.9 Å². The first-order chi connectivity index (χ1) is 13.6. The molecule has 1 saturated heterocycles. The van der Waals surface area contributed by atoms with Crippen molar-refractivity contribution in [2.75, 3.05) is 37.7 Å². The highest BCUT2D eigenvalue weighted by Gasteiger charge is 2.36. The van der Waals surface area contributed by atoms with Crippen molar-refractivity contribution in [2.45, 2.75) is 26.3 Å². The Balaban J connectivity index is 1.49. The van der Waals surface area contributed by atoms with Crippen molar-refractivity contribution >= 4 is 23.3 Å². The number of piperazine rings is 1. The number of carbonyl (C=O) groups is 1. The average Bonchev–Trinajstić information content (AvgIpc) is 2.73. The number of benzene rings is 1. The normalized spacial score (nSPS) is 18.2. The summed E-state index contributed by atoms with van der Waals surface area (Å²) >= 11 is 6.17. The zero-order valence-corrected chi connectivity index (χ0v) is 16.9. The number of halogens is 1. The summed E-state index contributed by atoms with van der Waals surface area (Å²) in [6, 6.07) is 7.50. The van der Waals surface area contributed by atoms with E-state index in [-0.39, 0.29) is 11.9 Å². The molecule has 7 heteroatoms. The molecule has 3 heterocycles. The fourth-order valence-electron chi connectivity index (χ4n) is 3.69. The summed E-state index contributed by atoms with van der Waals surface area (Å²) < 4.78 is 11.6. The van der Waals surface area contributed by atoms with Crippen LogP contribution in [-0.2, 0) is 0 Å². The molecule has 0 spiro atoms. The molecule has 1 aromatic heterocycles. The Morgan fingerprint density at radius 3 is 3.07 bits per heavy atom. The molecular weight excluding hydrogens is 378 g/mol. The predicted molar refractivity (Wildman–Crippen MR) is 109 cm³/mol. The van der Waals surface area contributed by atoms with E-state index in [0.29, 0.717) is 43.4 Å². The lowest BCUT2D eigenvalue weighted by atomic mass is 10.1. The summed E-state index contributed by atoms with van der Waals surface area (Å²) in [6.45, 7) is 7.11. The van der Waals surface area contributed by atoms with Crippen LogP contribution in [-0.4, -0.2) is 54.7 Å². The Labute approximate surface area is 170 Å². The molecule has 1 atom stereocenters. The summed E-state index contributed by atoms with van der Waals surface area (Å²) in [5.74, 6) is 2.33. The third kappa shape index (κ3) is 3.49. The minimum absolute atomic E-state index is 0.0210. The fourth-order valence-corrected chi connectivity index (χ4v) is 3.82. The average molecular weight is 402 g/mol. The van der Waals surface area contributed by atoms with Crippen molar-refractivity contribution in [3.63, 3.8) is 0 Å². The first-order valence-corrected chi connectivity index (χ1v) is 10.0. The molecule has 2 aliphatic heterocycles. The van der Waals surface area contributed by atoms with Gasteiger partial charge in [0.1, 0.15) is 12.4 Å². The Hall–Kier alpha value is -2.47. The molecule has 1 fully saturated rings. The predicted octanol–water partition coefficient (Wildman–Crippen LogP) is 3.56. The van der Waals surface area contributed by atoms with Crippen molar-refractivity contribution in [1.82, 2.24) is 9.88 Å². The third-order valence-corrected chi connectivity index (χ3v) is 5.60. The molecular formula is C21H24ClN3O3. The zero-order chi connectivity index (χ0) is 19.7. The Morgan fingerprint density at radius 1 is 1.39 bits per heavy atom. The minimum Gasteiger partial charge on any atom is -0.494 e. The molecule has 148 valence electrons. The van der Waals surface area contributed by atoms with Gasteiger partial charge in [0.15, 0.2) is 11.6 Å². The second-order valence-electron chi connectivity index (χ2n) is 7.17. The lowest BCUT2D eigenvalue weighted by Crippen LogP contribution is -2.58. The van der Waals surface area contributed by atoms with Gasteiger partial charge in [-0.1, -0.05) is 24.6 Å². The van der Waals surface area contributed by atoms with E-state index in [4.69, 9.17) is 21.1 Å². The van der Waals surface area contributed by atoms with Crippen LogP contribution in [0.15, 0.2) is 30.5 Å². The van der Waals surface area contributed by atoms with Crippen LogP contribution in [0.4, 0.5) is 5.82 Å². The molecule has 4 rings (SSSR count). The number of anilines is 1. The van der Waals surface area contributed by atoms with Gasteiger partial charge in [-0.15, -0.1) is 0 Å². The van der Waals surface area contributed by atoms with E-state index >= 15 is 0 Å². The molecule has 0 bridgehead atoms. The number of hydrogen-bond donors (Lipinski definition) is 0. The van der Waals surface area contributed by atoms with Gasteiger partial charge in [-0.05, 0) is 31.5 Å². The standard InChI is InChI=1S/C21H24ClN3O3/c1-3-9-27-17-6-4-5-15(10-17)21(26)24-7-8-25-16(12-24)13-28-19-14(2)18(22)11-23-20(19)25/h4-6,10-11,16H,3,7-9,12-13H2,1-2H3. The molecule has 1 amide bonds. The van der Waals surface area contributed by atoms with Crippen molar-refractivity contribution in [2.24, 2.45) is 0 Å². The molecule has 1 unspecified atom stereocenters.